The topological polar surface area (TPSA) is 21.3 Å². The molecule has 0 bridgehead atoms. The molecule has 0 fully saturated rings. The molecule has 0 radical (unpaired) electrons. The Morgan fingerprint density at radius 3 is 2.53 bits per heavy atom. The Morgan fingerprint density at radius 1 is 1.16 bits per heavy atom. The van der Waals surface area contributed by atoms with Crippen LogP contribution in [0.5, 0.6) is 0 Å². The van der Waals surface area contributed by atoms with Gasteiger partial charge in [0, 0.05) is 16.4 Å². The Labute approximate surface area is 128 Å². The van der Waals surface area contributed by atoms with Crippen molar-refractivity contribution in [2.24, 2.45) is 0 Å². The second kappa shape index (κ2) is 6.91. The highest BCUT2D eigenvalue weighted by atomic mass is 127. The first-order valence-electron chi connectivity index (χ1n) is 6.27. The van der Waals surface area contributed by atoms with Crippen molar-refractivity contribution in [2.45, 2.75) is 13.0 Å². The molecule has 2 aromatic carbocycles. The summed E-state index contributed by atoms with van der Waals surface area (Å²) < 4.78 is 6.59. The molecule has 0 heterocycles. The van der Waals surface area contributed by atoms with Crippen molar-refractivity contribution in [3.05, 3.63) is 63.2 Å². The van der Waals surface area contributed by atoms with E-state index in [1.165, 1.54) is 14.7 Å². The molecule has 2 aromatic rings. The Bertz CT molecular complexity index is 528. The fourth-order valence-electron chi connectivity index (χ4n) is 1.96. The van der Waals surface area contributed by atoms with Gasteiger partial charge in [-0.25, -0.2) is 0 Å². The molecule has 0 saturated carbocycles. The average Bonchev–Trinajstić information content (AvgIpc) is 2.43. The number of methoxy groups -OCH3 is 1. The van der Waals surface area contributed by atoms with E-state index in [-0.39, 0.29) is 6.04 Å². The van der Waals surface area contributed by atoms with E-state index in [1.807, 2.05) is 6.07 Å². The molecule has 1 atom stereocenters. The van der Waals surface area contributed by atoms with Gasteiger partial charge in [0.25, 0.3) is 0 Å². The first kappa shape index (κ1) is 14.3. The van der Waals surface area contributed by atoms with Crippen LogP contribution in [0.4, 0.5) is 5.69 Å². The van der Waals surface area contributed by atoms with E-state index in [1.54, 1.807) is 7.11 Å². The number of anilines is 1. The van der Waals surface area contributed by atoms with Crippen LogP contribution in [-0.2, 0) is 4.74 Å². The standard InChI is InChI=1S/C16H18INO/c1-12-8-9-14(10-15(12)17)18-16(11-19-2)13-6-4-3-5-7-13/h3-10,16,18H,11H2,1-2H3. The molecule has 100 valence electrons. The van der Waals surface area contributed by atoms with E-state index >= 15 is 0 Å². The first-order chi connectivity index (χ1) is 9.20. The van der Waals surface area contributed by atoms with Crippen molar-refractivity contribution in [1.82, 2.24) is 0 Å². The van der Waals surface area contributed by atoms with E-state index in [2.05, 4.69) is 77.3 Å². The molecule has 0 saturated heterocycles. The number of ether oxygens (including phenoxy) is 1. The highest BCUT2D eigenvalue weighted by Gasteiger charge is 2.11. The maximum absolute atomic E-state index is 5.32. The van der Waals surface area contributed by atoms with Gasteiger partial charge < -0.3 is 10.1 Å². The molecule has 0 aliphatic heterocycles. The Balaban J connectivity index is 2.19. The third-order valence-electron chi connectivity index (χ3n) is 3.05. The van der Waals surface area contributed by atoms with Crippen LogP contribution in [0.25, 0.3) is 0 Å². The van der Waals surface area contributed by atoms with E-state index < -0.39 is 0 Å². The summed E-state index contributed by atoms with van der Waals surface area (Å²) in [6.07, 6.45) is 0. The molecule has 0 aliphatic carbocycles. The lowest BCUT2D eigenvalue weighted by molar-refractivity contribution is 0.186. The molecular formula is C16H18INO. The minimum atomic E-state index is 0.171. The quantitative estimate of drug-likeness (QED) is 0.791. The lowest BCUT2D eigenvalue weighted by Gasteiger charge is -2.20. The lowest BCUT2D eigenvalue weighted by atomic mass is 10.1. The van der Waals surface area contributed by atoms with Crippen molar-refractivity contribution < 1.29 is 4.74 Å². The zero-order valence-electron chi connectivity index (χ0n) is 11.2. The largest absolute Gasteiger partial charge is 0.382 e. The fraction of sp³-hybridized carbons (Fsp3) is 0.250. The molecule has 0 aliphatic rings. The molecule has 0 aromatic heterocycles. The Hall–Kier alpha value is -1.07. The summed E-state index contributed by atoms with van der Waals surface area (Å²) in [6.45, 7) is 2.77. The summed E-state index contributed by atoms with van der Waals surface area (Å²) in [5.74, 6) is 0. The third kappa shape index (κ3) is 3.94. The van der Waals surface area contributed by atoms with Crippen LogP contribution in [0.3, 0.4) is 0 Å². The first-order valence-corrected chi connectivity index (χ1v) is 7.35. The number of aryl methyl sites for hydroxylation is 1. The smallest absolute Gasteiger partial charge is 0.0747 e. The molecule has 0 spiro atoms. The maximum atomic E-state index is 5.32. The van der Waals surface area contributed by atoms with Crippen molar-refractivity contribution in [1.29, 1.82) is 0 Å². The average molecular weight is 367 g/mol. The summed E-state index contributed by atoms with van der Waals surface area (Å²) in [4.78, 5) is 0. The number of benzene rings is 2. The second-order valence-corrected chi connectivity index (χ2v) is 5.69. The minimum absolute atomic E-state index is 0.171. The molecular weight excluding hydrogens is 349 g/mol. The highest BCUT2D eigenvalue weighted by molar-refractivity contribution is 14.1. The minimum Gasteiger partial charge on any atom is -0.382 e. The summed E-state index contributed by atoms with van der Waals surface area (Å²) in [5.41, 5.74) is 3.66. The van der Waals surface area contributed by atoms with Crippen molar-refractivity contribution in [3.8, 4) is 0 Å². The zero-order valence-corrected chi connectivity index (χ0v) is 13.3. The van der Waals surface area contributed by atoms with Gasteiger partial charge in [-0.1, -0.05) is 36.4 Å². The van der Waals surface area contributed by atoms with E-state index in [4.69, 9.17) is 4.74 Å². The SMILES string of the molecule is COCC(Nc1ccc(C)c(I)c1)c1ccccc1. The summed E-state index contributed by atoms with van der Waals surface area (Å²) in [5, 5.41) is 3.53. The number of hydrogen-bond acceptors (Lipinski definition) is 2. The normalized spacial score (nSPS) is 12.2. The number of halogens is 1. The van der Waals surface area contributed by atoms with Crippen LogP contribution in [0.15, 0.2) is 48.5 Å². The number of nitrogens with one attached hydrogen (secondary N) is 1. The molecule has 1 unspecified atom stereocenters. The van der Waals surface area contributed by atoms with Crippen LogP contribution < -0.4 is 5.32 Å². The Morgan fingerprint density at radius 2 is 1.89 bits per heavy atom. The van der Waals surface area contributed by atoms with E-state index in [0.717, 1.165) is 5.69 Å². The van der Waals surface area contributed by atoms with Crippen LogP contribution in [0, 0.1) is 10.5 Å². The predicted molar refractivity (Wildman–Crippen MR) is 88.6 cm³/mol. The lowest BCUT2D eigenvalue weighted by Crippen LogP contribution is -2.16. The highest BCUT2D eigenvalue weighted by Crippen LogP contribution is 2.23. The molecule has 2 rings (SSSR count). The van der Waals surface area contributed by atoms with Gasteiger partial charge >= 0.3 is 0 Å². The molecule has 3 heteroatoms. The van der Waals surface area contributed by atoms with Gasteiger partial charge in [-0.15, -0.1) is 0 Å². The monoisotopic (exact) mass is 367 g/mol. The van der Waals surface area contributed by atoms with Crippen molar-refractivity contribution >= 4 is 28.3 Å². The second-order valence-electron chi connectivity index (χ2n) is 4.53. The third-order valence-corrected chi connectivity index (χ3v) is 4.21. The van der Waals surface area contributed by atoms with Gasteiger partial charge in [0.15, 0.2) is 0 Å². The van der Waals surface area contributed by atoms with Crippen molar-refractivity contribution in [2.75, 3.05) is 19.0 Å². The number of hydrogen-bond donors (Lipinski definition) is 1. The zero-order chi connectivity index (χ0) is 13.7. The molecule has 2 nitrogen and oxygen atoms in total. The number of rotatable bonds is 5. The summed E-state index contributed by atoms with van der Waals surface area (Å²) in [7, 11) is 1.73. The fourth-order valence-corrected chi connectivity index (χ4v) is 2.47. The van der Waals surface area contributed by atoms with E-state index in [0.29, 0.717) is 6.61 Å². The van der Waals surface area contributed by atoms with Gasteiger partial charge in [-0.05, 0) is 52.8 Å². The predicted octanol–water partition coefficient (Wildman–Crippen LogP) is 4.40. The van der Waals surface area contributed by atoms with Crippen molar-refractivity contribution in [3.63, 3.8) is 0 Å². The van der Waals surface area contributed by atoms with Crippen LogP contribution in [0.2, 0.25) is 0 Å². The Kier molecular flexibility index (Phi) is 5.22. The van der Waals surface area contributed by atoms with Gasteiger partial charge in [0.1, 0.15) is 0 Å². The summed E-state index contributed by atoms with van der Waals surface area (Å²) >= 11 is 2.36. The molecule has 0 amide bonds. The van der Waals surface area contributed by atoms with Gasteiger partial charge in [-0.3, -0.25) is 0 Å². The van der Waals surface area contributed by atoms with Gasteiger partial charge in [-0.2, -0.15) is 0 Å². The van der Waals surface area contributed by atoms with Crippen LogP contribution in [0.1, 0.15) is 17.2 Å². The molecule has 1 N–H and O–H groups in total. The van der Waals surface area contributed by atoms with Crippen LogP contribution in [-0.4, -0.2) is 13.7 Å². The molecule has 19 heavy (non-hydrogen) atoms. The van der Waals surface area contributed by atoms with Gasteiger partial charge in [0.05, 0.1) is 12.6 Å². The maximum Gasteiger partial charge on any atom is 0.0747 e. The van der Waals surface area contributed by atoms with Gasteiger partial charge in [0.2, 0.25) is 0 Å². The summed E-state index contributed by atoms with van der Waals surface area (Å²) in [6, 6.07) is 17.0. The van der Waals surface area contributed by atoms with E-state index in [9.17, 15) is 0 Å². The van der Waals surface area contributed by atoms with Crippen LogP contribution >= 0.6 is 22.6 Å².